The smallest absolute Gasteiger partial charge is 0.226 e. The van der Waals surface area contributed by atoms with Crippen molar-refractivity contribution < 1.29 is 4.79 Å². The van der Waals surface area contributed by atoms with E-state index < -0.39 is 0 Å². The van der Waals surface area contributed by atoms with E-state index in [1.165, 1.54) is 25.7 Å². The molecule has 0 aromatic carbocycles. The molecule has 2 fully saturated rings. The van der Waals surface area contributed by atoms with Crippen molar-refractivity contribution in [1.82, 2.24) is 5.32 Å². The number of nitrogens with two attached hydrogens (primary N) is 1. The molecule has 0 unspecified atom stereocenters. The molecule has 0 aromatic heterocycles. The Morgan fingerprint density at radius 3 is 2.50 bits per heavy atom. The summed E-state index contributed by atoms with van der Waals surface area (Å²) in [6.45, 7) is 1.18. The van der Waals surface area contributed by atoms with Gasteiger partial charge in [-0.3, -0.25) is 4.79 Å². The standard InChI is InChI=1S/C11H20N2O/c12-7-8-13-10(14)11(5-6-11)9-3-1-2-4-9/h9H,1-8,12H2,(H,13,14). The number of rotatable bonds is 4. The number of amides is 1. The van der Waals surface area contributed by atoms with Crippen LogP contribution in [0.3, 0.4) is 0 Å². The fraction of sp³-hybridized carbons (Fsp3) is 0.909. The zero-order valence-corrected chi connectivity index (χ0v) is 8.72. The molecule has 1 amide bonds. The predicted octanol–water partition coefficient (Wildman–Crippen LogP) is 1.03. The number of carbonyl (C=O) groups excluding carboxylic acids is 1. The summed E-state index contributed by atoms with van der Waals surface area (Å²) < 4.78 is 0. The highest BCUT2D eigenvalue weighted by atomic mass is 16.2. The van der Waals surface area contributed by atoms with Gasteiger partial charge in [0.15, 0.2) is 0 Å². The molecule has 0 aliphatic heterocycles. The first-order valence-electron chi connectivity index (χ1n) is 5.78. The number of hydrogen-bond acceptors (Lipinski definition) is 2. The summed E-state index contributed by atoms with van der Waals surface area (Å²) in [5.41, 5.74) is 5.41. The van der Waals surface area contributed by atoms with Crippen molar-refractivity contribution in [2.45, 2.75) is 38.5 Å². The van der Waals surface area contributed by atoms with E-state index in [4.69, 9.17) is 5.73 Å². The largest absolute Gasteiger partial charge is 0.354 e. The van der Waals surface area contributed by atoms with Crippen LogP contribution in [0.15, 0.2) is 0 Å². The maximum Gasteiger partial charge on any atom is 0.226 e. The fourth-order valence-corrected chi connectivity index (χ4v) is 2.80. The third-order valence-electron chi connectivity index (χ3n) is 3.81. The molecule has 0 spiro atoms. The summed E-state index contributed by atoms with van der Waals surface area (Å²) >= 11 is 0. The second-order valence-electron chi connectivity index (χ2n) is 4.68. The lowest BCUT2D eigenvalue weighted by atomic mass is 9.87. The zero-order valence-electron chi connectivity index (χ0n) is 8.72. The highest BCUT2D eigenvalue weighted by molar-refractivity contribution is 5.85. The summed E-state index contributed by atoms with van der Waals surface area (Å²) in [6.07, 6.45) is 7.36. The van der Waals surface area contributed by atoms with Gasteiger partial charge >= 0.3 is 0 Å². The van der Waals surface area contributed by atoms with Crippen molar-refractivity contribution in [2.75, 3.05) is 13.1 Å². The molecular formula is C11H20N2O. The van der Waals surface area contributed by atoms with Crippen LogP contribution in [0.2, 0.25) is 0 Å². The summed E-state index contributed by atoms with van der Waals surface area (Å²) in [4.78, 5) is 11.9. The van der Waals surface area contributed by atoms with Gasteiger partial charge in [0.05, 0.1) is 5.41 Å². The summed E-state index contributed by atoms with van der Waals surface area (Å²) in [5.74, 6) is 0.940. The van der Waals surface area contributed by atoms with Crippen LogP contribution >= 0.6 is 0 Å². The van der Waals surface area contributed by atoms with E-state index in [1.54, 1.807) is 0 Å². The molecular weight excluding hydrogens is 176 g/mol. The minimum absolute atomic E-state index is 0.0334. The van der Waals surface area contributed by atoms with E-state index in [2.05, 4.69) is 5.32 Å². The molecule has 0 atom stereocenters. The summed E-state index contributed by atoms with van der Waals surface area (Å²) in [5, 5.41) is 2.95. The topological polar surface area (TPSA) is 55.1 Å². The predicted molar refractivity (Wildman–Crippen MR) is 55.7 cm³/mol. The molecule has 14 heavy (non-hydrogen) atoms. The molecule has 0 radical (unpaired) electrons. The van der Waals surface area contributed by atoms with E-state index >= 15 is 0 Å². The molecule has 2 rings (SSSR count). The highest BCUT2D eigenvalue weighted by Gasteiger charge is 2.55. The molecule has 3 N–H and O–H groups in total. The van der Waals surface area contributed by atoms with Crippen LogP contribution in [-0.2, 0) is 4.79 Å². The Kier molecular flexibility index (Phi) is 2.77. The van der Waals surface area contributed by atoms with E-state index in [1.807, 2.05) is 0 Å². The van der Waals surface area contributed by atoms with Gasteiger partial charge in [0.2, 0.25) is 5.91 Å². The van der Waals surface area contributed by atoms with Crippen molar-refractivity contribution in [2.24, 2.45) is 17.1 Å². The van der Waals surface area contributed by atoms with Crippen LogP contribution in [0.4, 0.5) is 0 Å². The van der Waals surface area contributed by atoms with Gasteiger partial charge in [-0.25, -0.2) is 0 Å². The monoisotopic (exact) mass is 196 g/mol. The average Bonchev–Trinajstić information content (AvgIpc) is 2.83. The van der Waals surface area contributed by atoms with E-state index in [0.29, 0.717) is 19.0 Å². The first-order chi connectivity index (χ1) is 6.79. The van der Waals surface area contributed by atoms with Gasteiger partial charge in [-0.1, -0.05) is 12.8 Å². The van der Waals surface area contributed by atoms with Crippen LogP contribution in [0, 0.1) is 11.3 Å². The van der Waals surface area contributed by atoms with Gasteiger partial charge in [-0.05, 0) is 31.6 Å². The Balaban J connectivity index is 1.90. The molecule has 2 aliphatic carbocycles. The minimum atomic E-state index is 0.0334. The zero-order chi connectivity index (χ0) is 10.0. The van der Waals surface area contributed by atoms with Crippen molar-refractivity contribution in [3.05, 3.63) is 0 Å². The molecule has 2 aliphatic rings. The second kappa shape index (κ2) is 3.89. The average molecular weight is 196 g/mol. The van der Waals surface area contributed by atoms with Crippen molar-refractivity contribution in [3.8, 4) is 0 Å². The van der Waals surface area contributed by atoms with Gasteiger partial charge in [-0.15, -0.1) is 0 Å². The molecule has 0 saturated heterocycles. The second-order valence-corrected chi connectivity index (χ2v) is 4.68. The fourth-order valence-electron chi connectivity index (χ4n) is 2.80. The highest BCUT2D eigenvalue weighted by Crippen LogP contribution is 2.57. The summed E-state index contributed by atoms with van der Waals surface area (Å²) in [6, 6.07) is 0. The van der Waals surface area contributed by atoms with Gasteiger partial charge < -0.3 is 11.1 Å². The third kappa shape index (κ3) is 1.65. The Morgan fingerprint density at radius 1 is 1.36 bits per heavy atom. The first kappa shape index (κ1) is 9.97. The van der Waals surface area contributed by atoms with Crippen molar-refractivity contribution in [3.63, 3.8) is 0 Å². The van der Waals surface area contributed by atoms with Gasteiger partial charge in [0.25, 0.3) is 0 Å². The summed E-state index contributed by atoms with van der Waals surface area (Å²) in [7, 11) is 0. The first-order valence-corrected chi connectivity index (χ1v) is 5.78. The normalized spacial score (nSPS) is 24.9. The Hall–Kier alpha value is -0.570. The van der Waals surface area contributed by atoms with Gasteiger partial charge in [0, 0.05) is 13.1 Å². The van der Waals surface area contributed by atoms with Crippen LogP contribution in [0.25, 0.3) is 0 Å². The van der Waals surface area contributed by atoms with E-state index in [-0.39, 0.29) is 11.3 Å². The maximum absolute atomic E-state index is 11.9. The molecule has 3 heteroatoms. The number of hydrogen-bond donors (Lipinski definition) is 2. The number of carbonyl (C=O) groups is 1. The Labute approximate surface area is 85.4 Å². The molecule has 0 aromatic rings. The molecule has 0 heterocycles. The molecule has 2 saturated carbocycles. The van der Waals surface area contributed by atoms with Gasteiger partial charge in [-0.2, -0.15) is 0 Å². The van der Waals surface area contributed by atoms with Crippen LogP contribution in [-0.4, -0.2) is 19.0 Å². The van der Waals surface area contributed by atoms with Crippen LogP contribution < -0.4 is 11.1 Å². The lowest BCUT2D eigenvalue weighted by Gasteiger charge is -2.21. The molecule has 3 nitrogen and oxygen atoms in total. The number of nitrogens with one attached hydrogen (secondary N) is 1. The quantitative estimate of drug-likeness (QED) is 0.705. The molecule has 0 bridgehead atoms. The van der Waals surface area contributed by atoms with Crippen LogP contribution in [0.5, 0.6) is 0 Å². The Bertz CT molecular complexity index is 217. The molecule has 80 valence electrons. The van der Waals surface area contributed by atoms with Crippen LogP contribution in [0.1, 0.15) is 38.5 Å². The van der Waals surface area contributed by atoms with Crippen molar-refractivity contribution in [1.29, 1.82) is 0 Å². The lowest BCUT2D eigenvalue weighted by molar-refractivity contribution is -0.128. The van der Waals surface area contributed by atoms with Gasteiger partial charge in [0.1, 0.15) is 0 Å². The van der Waals surface area contributed by atoms with E-state index in [9.17, 15) is 4.79 Å². The minimum Gasteiger partial charge on any atom is -0.354 e. The van der Waals surface area contributed by atoms with E-state index in [0.717, 1.165) is 12.8 Å². The SMILES string of the molecule is NCCNC(=O)C1(C2CCCC2)CC1. The lowest BCUT2D eigenvalue weighted by Crippen LogP contribution is -2.38. The third-order valence-corrected chi connectivity index (χ3v) is 3.81. The maximum atomic E-state index is 11.9. The van der Waals surface area contributed by atoms with Crippen molar-refractivity contribution >= 4 is 5.91 Å². The Morgan fingerprint density at radius 2 is 2.00 bits per heavy atom.